The van der Waals surface area contributed by atoms with Crippen LogP contribution in [0.2, 0.25) is 0 Å². The Morgan fingerprint density at radius 2 is 0.475 bits per heavy atom. The number of rotatable bonds is 4. The van der Waals surface area contributed by atoms with Gasteiger partial charge in [-0.2, -0.15) is 10.5 Å². The molecular weight excluding hydrogens is 1220 g/mol. The van der Waals surface area contributed by atoms with Crippen molar-refractivity contribution in [3.8, 4) is 23.3 Å². The zero-order valence-corrected chi connectivity index (χ0v) is 55.1. The third kappa shape index (κ3) is 6.78. The summed E-state index contributed by atoms with van der Waals surface area (Å²) in [6, 6.07) is 113. The predicted molar refractivity (Wildman–Crippen MR) is 420 cm³/mol. The van der Waals surface area contributed by atoms with Crippen LogP contribution in [0, 0.1) is 22.7 Å². The third-order valence-electron chi connectivity index (χ3n) is 23.8. The molecule has 0 N–H and O–H groups in total. The van der Waals surface area contributed by atoms with Crippen molar-refractivity contribution in [1.29, 1.82) is 10.5 Å². The summed E-state index contributed by atoms with van der Waals surface area (Å²) in [5, 5.41) is 25.2. The highest BCUT2D eigenvalue weighted by Crippen LogP contribution is 2.58. The lowest BCUT2D eigenvalue weighted by atomic mass is 9.28. The fraction of sp³-hybridized carbons (Fsp3) is 0.0337. The van der Waals surface area contributed by atoms with E-state index in [1.807, 2.05) is 0 Å². The van der Waals surface area contributed by atoms with E-state index in [4.69, 9.17) is 0 Å². The summed E-state index contributed by atoms with van der Waals surface area (Å²) in [6.45, 7) is 3.93. The second kappa shape index (κ2) is 19.7. The molecule has 0 bridgehead atoms. The van der Waals surface area contributed by atoms with Crippen molar-refractivity contribution in [3.05, 3.63) is 313 Å². The first-order valence-corrected chi connectivity index (χ1v) is 35.1. The van der Waals surface area contributed by atoms with E-state index in [0.29, 0.717) is 11.1 Å². The number of anilines is 18. The lowest BCUT2D eigenvalue weighted by Crippen LogP contribution is -2.69. The lowest BCUT2D eigenvalue weighted by molar-refractivity contribution is 0.660. The summed E-state index contributed by atoms with van der Waals surface area (Å²) in [5.41, 5.74) is 38.5. The molecule has 12 heteroatoms. The molecule has 8 heterocycles. The summed E-state index contributed by atoms with van der Waals surface area (Å²) in [6.07, 6.45) is 0. The van der Waals surface area contributed by atoms with Crippen LogP contribution in [0.1, 0.15) is 36.1 Å². The summed E-state index contributed by atoms with van der Waals surface area (Å²) in [5.74, 6) is 0. The molecular formula is C89H54B4N8. The van der Waals surface area contributed by atoms with Crippen LogP contribution in [0.15, 0.2) is 291 Å². The number of hydrogen-bond acceptors (Lipinski definition) is 8. The summed E-state index contributed by atoms with van der Waals surface area (Å²) in [7, 11) is 0. The maximum atomic E-state index is 12.6. The Morgan fingerprint density at radius 1 is 0.248 bits per heavy atom. The molecule has 0 atom stereocenters. The van der Waals surface area contributed by atoms with Gasteiger partial charge in [0.1, 0.15) is 12.1 Å². The molecule has 101 heavy (non-hydrogen) atoms. The van der Waals surface area contributed by atoms with Gasteiger partial charge in [0.05, 0.1) is 33.9 Å². The van der Waals surface area contributed by atoms with E-state index in [1.54, 1.807) is 0 Å². The fourth-order valence-electron chi connectivity index (χ4n) is 20.0. The van der Waals surface area contributed by atoms with E-state index in [1.165, 1.54) is 66.0 Å². The highest BCUT2D eigenvalue weighted by Gasteiger charge is 2.57. The van der Waals surface area contributed by atoms with Crippen LogP contribution in [-0.2, 0) is 5.41 Å². The molecule has 462 valence electrons. The molecule has 0 radical (unpaired) electrons. The van der Waals surface area contributed by atoms with E-state index in [2.05, 4.69) is 347 Å². The van der Waals surface area contributed by atoms with Crippen LogP contribution in [0.5, 0.6) is 0 Å². The zero-order chi connectivity index (χ0) is 66.4. The van der Waals surface area contributed by atoms with E-state index in [9.17, 15) is 10.5 Å². The average molecular weight is 1280 g/mol. The van der Waals surface area contributed by atoms with Crippen LogP contribution >= 0.6 is 0 Å². The number of nitrogens with zero attached hydrogens (tertiary/aromatic N) is 8. The summed E-state index contributed by atoms with van der Waals surface area (Å²) >= 11 is 0. The maximum Gasteiger partial charge on any atom is 0.252 e. The Hall–Kier alpha value is -12.9. The summed E-state index contributed by atoms with van der Waals surface area (Å²) < 4.78 is 0. The monoisotopic (exact) mass is 1280 g/mol. The Kier molecular flexibility index (Phi) is 10.8. The minimum Gasteiger partial charge on any atom is -0.312 e. The molecule has 8 nitrogen and oxygen atoms in total. The van der Waals surface area contributed by atoms with Gasteiger partial charge in [0.2, 0.25) is 0 Å². The van der Waals surface area contributed by atoms with Gasteiger partial charge in [-0.25, -0.2) is 0 Å². The van der Waals surface area contributed by atoms with E-state index >= 15 is 0 Å². The molecule has 9 aliphatic rings. The number of nitriles is 2. The lowest BCUT2D eigenvalue weighted by Gasteiger charge is -2.51. The Bertz CT molecular complexity index is 5790. The molecule has 0 saturated heterocycles. The second-order valence-corrected chi connectivity index (χ2v) is 28.7. The van der Waals surface area contributed by atoms with Crippen LogP contribution in [0.25, 0.3) is 11.1 Å². The highest BCUT2D eigenvalue weighted by molar-refractivity contribution is 7.06. The molecule has 8 aliphatic heterocycles. The first kappa shape index (κ1) is 55.2. The molecule has 1 aliphatic carbocycles. The highest BCUT2D eigenvalue weighted by atomic mass is 15.2. The van der Waals surface area contributed by atoms with Crippen molar-refractivity contribution < 1.29 is 0 Å². The molecule has 0 unspecified atom stereocenters. The molecule has 23 rings (SSSR count). The van der Waals surface area contributed by atoms with Gasteiger partial charge in [0.25, 0.3) is 26.9 Å². The zero-order valence-electron chi connectivity index (χ0n) is 55.1. The smallest absolute Gasteiger partial charge is 0.252 e. The Balaban J connectivity index is 0.824. The average Bonchev–Trinajstić information content (AvgIpc) is 1.17. The number of fused-ring (bicyclic) bond motifs is 23. The quantitative estimate of drug-likeness (QED) is 0.162. The van der Waals surface area contributed by atoms with Gasteiger partial charge in [-0.15, -0.1) is 0 Å². The minimum absolute atomic E-state index is 0.168. The number of para-hydroxylation sites is 10. The molecule has 0 fully saturated rings. The van der Waals surface area contributed by atoms with Crippen molar-refractivity contribution in [2.45, 2.75) is 19.3 Å². The van der Waals surface area contributed by atoms with Gasteiger partial charge in [-0.3, -0.25) is 0 Å². The Morgan fingerprint density at radius 3 is 0.743 bits per heavy atom. The number of benzene rings is 14. The van der Waals surface area contributed by atoms with Crippen molar-refractivity contribution in [3.63, 3.8) is 0 Å². The third-order valence-corrected chi connectivity index (χ3v) is 23.8. The summed E-state index contributed by atoms with van der Waals surface area (Å²) in [4.78, 5) is 14.8. The first-order valence-electron chi connectivity index (χ1n) is 35.1. The van der Waals surface area contributed by atoms with Crippen molar-refractivity contribution in [2.75, 3.05) is 29.4 Å². The van der Waals surface area contributed by atoms with Crippen LogP contribution in [0.3, 0.4) is 0 Å². The van der Waals surface area contributed by atoms with E-state index in [-0.39, 0.29) is 26.9 Å². The molecule has 0 amide bonds. The van der Waals surface area contributed by atoms with Crippen molar-refractivity contribution in [1.82, 2.24) is 0 Å². The first-order chi connectivity index (χ1) is 49.9. The van der Waals surface area contributed by atoms with Crippen LogP contribution in [0.4, 0.5) is 102 Å². The molecule has 0 spiro atoms. The van der Waals surface area contributed by atoms with Crippen LogP contribution < -0.4 is 95.0 Å². The topological polar surface area (TPSA) is 67.0 Å². The standard InChI is InChI=1S/C89H54B4N8/c1-89(2)61-49-77-69(92-67-39-19-25-45-75(67)100-73-43-23-17-37-65(73)90-63-35-15-21-41-71(63)96(53-27-7-3-8-28-53)83-59(51-94)85(81(92)87(100)79(83)90)98(77)55-31-11-5-12-32-55)47-57(61)58-48-70-78(50-62(58)89)99(56-33-13-6-14-34-56)86-60(52-95)84-80-88-82(86)93(70)68-40-20-26-46-76(68)101(88)74-44-24-18-38-66(74)91(80)64-36-16-22-42-72(64)97(84)54-29-9-4-10-30-54/h3-50H,1-2H3. The Labute approximate surface area is 587 Å². The van der Waals surface area contributed by atoms with Gasteiger partial charge >= 0.3 is 0 Å². The van der Waals surface area contributed by atoms with Gasteiger partial charge in [0, 0.05) is 85.0 Å². The predicted octanol–water partition coefficient (Wildman–Crippen LogP) is 13.1. The largest absolute Gasteiger partial charge is 0.312 e. The number of hydrogen-bond donors (Lipinski definition) is 0. The fourth-order valence-corrected chi connectivity index (χ4v) is 20.0. The molecule has 14 aromatic carbocycles. The normalized spacial score (nSPS) is 14.9. The minimum atomic E-state index is -0.558. The van der Waals surface area contributed by atoms with Gasteiger partial charge in [-0.05, 0) is 185 Å². The van der Waals surface area contributed by atoms with Crippen molar-refractivity contribution in [2.24, 2.45) is 0 Å². The second-order valence-electron chi connectivity index (χ2n) is 28.7. The van der Waals surface area contributed by atoms with E-state index in [0.717, 1.165) is 124 Å². The SMILES string of the molecule is CC1(C)c2cc3c(cc2-c2cc4c(cc21)N(c1ccccc1)c1c(C#N)c2c5c6c1B4c1ccccc1N6c1ccccc1B5c1ccccc1N2c1ccccc1)B1c2ccccc2N2c4ccccc4B4c5ccccc5N(c5ccccc5)c5c(C#N)c(c1c2c54)N3c1ccccc1. The molecule has 0 aromatic heterocycles. The molecule has 0 saturated carbocycles. The maximum absolute atomic E-state index is 12.6. The van der Waals surface area contributed by atoms with Crippen LogP contribution in [-0.4, -0.2) is 26.9 Å². The van der Waals surface area contributed by atoms with Crippen molar-refractivity contribution >= 4 is 195 Å². The molecule has 14 aromatic rings. The van der Waals surface area contributed by atoms with Gasteiger partial charge in [0.15, 0.2) is 0 Å². The van der Waals surface area contributed by atoms with E-state index < -0.39 is 5.41 Å². The van der Waals surface area contributed by atoms with Gasteiger partial charge in [-0.1, -0.05) is 208 Å². The van der Waals surface area contributed by atoms with Gasteiger partial charge < -0.3 is 29.4 Å².